The molecule has 1 fully saturated rings. The van der Waals surface area contributed by atoms with Crippen molar-refractivity contribution < 1.29 is 8.42 Å². The highest BCUT2D eigenvalue weighted by molar-refractivity contribution is 7.89. The van der Waals surface area contributed by atoms with E-state index in [4.69, 9.17) is 11.6 Å². The first kappa shape index (κ1) is 16.7. The van der Waals surface area contributed by atoms with Crippen molar-refractivity contribution in [1.82, 2.24) is 10.0 Å². The fourth-order valence-electron chi connectivity index (χ4n) is 2.64. The molecule has 0 spiro atoms. The Morgan fingerprint density at radius 1 is 1.24 bits per heavy atom. The predicted octanol–water partition coefficient (Wildman–Crippen LogP) is 3.06. The zero-order chi connectivity index (χ0) is 15.3. The zero-order valence-corrected chi connectivity index (χ0v) is 13.9. The maximum Gasteiger partial charge on any atom is 0.242 e. The van der Waals surface area contributed by atoms with Crippen LogP contribution in [-0.4, -0.2) is 21.0 Å². The van der Waals surface area contributed by atoms with Crippen molar-refractivity contribution in [2.24, 2.45) is 0 Å². The molecule has 1 saturated carbocycles. The van der Waals surface area contributed by atoms with E-state index < -0.39 is 10.0 Å². The highest BCUT2D eigenvalue weighted by Gasteiger charge is 2.24. The first-order valence-electron chi connectivity index (χ1n) is 7.54. The van der Waals surface area contributed by atoms with E-state index in [-0.39, 0.29) is 16.0 Å². The predicted molar refractivity (Wildman–Crippen MR) is 86.0 cm³/mol. The second-order valence-corrected chi connectivity index (χ2v) is 7.59. The van der Waals surface area contributed by atoms with Gasteiger partial charge in [-0.25, -0.2) is 13.1 Å². The number of benzene rings is 1. The van der Waals surface area contributed by atoms with Crippen LogP contribution < -0.4 is 10.0 Å². The minimum atomic E-state index is -3.55. The molecule has 0 aromatic heterocycles. The standard InChI is InChI=1S/C15H23ClN2O2S/c1-2-17-11-12-8-9-14(16)15(10-12)21(19,20)18-13-6-4-3-5-7-13/h8-10,13,17-18H,2-7,11H2,1H3. The summed E-state index contributed by atoms with van der Waals surface area (Å²) >= 11 is 6.09. The van der Waals surface area contributed by atoms with Crippen molar-refractivity contribution >= 4 is 21.6 Å². The summed E-state index contributed by atoms with van der Waals surface area (Å²) in [5.41, 5.74) is 0.922. The van der Waals surface area contributed by atoms with Crippen molar-refractivity contribution in [2.45, 2.75) is 56.5 Å². The Kier molecular flexibility index (Phi) is 6.05. The molecule has 1 aliphatic carbocycles. The van der Waals surface area contributed by atoms with Crippen molar-refractivity contribution in [1.29, 1.82) is 0 Å². The summed E-state index contributed by atoms with van der Waals surface area (Å²) in [4.78, 5) is 0.185. The van der Waals surface area contributed by atoms with Crippen LogP contribution in [0.1, 0.15) is 44.6 Å². The van der Waals surface area contributed by atoms with Crippen LogP contribution in [0.2, 0.25) is 5.02 Å². The van der Waals surface area contributed by atoms with Gasteiger partial charge in [0.15, 0.2) is 0 Å². The summed E-state index contributed by atoms with van der Waals surface area (Å²) in [6.07, 6.45) is 5.18. The van der Waals surface area contributed by atoms with Gasteiger partial charge in [0.2, 0.25) is 10.0 Å². The van der Waals surface area contributed by atoms with Gasteiger partial charge in [0.1, 0.15) is 4.90 Å². The SMILES string of the molecule is CCNCc1ccc(Cl)c(S(=O)(=O)NC2CCCCC2)c1. The van der Waals surface area contributed by atoms with Gasteiger partial charge in [0.25, 0.3) is 0 Å². The summed E-state index contributed by atoms with van der Waals surface area (Å²) in [6.45, 7) is 3.49. The topological polar surface area (TPSA) is 58.2 Å². The molecule has 2 N–H and O–H groups in total. The van der Waals surface area contributed by atoms with E-state index in [2.05, 4.69) is 10.0 Å². The Morgan fingerprint density at radius 3 is 2.62 bits per heavy atom. The first-order chi connectivity index (χ1) is 10.0. The molecule has 118 valence electrons. The molecule has 0 saturated heterocycles. The number of sulfonamides is 1. The van der Waals surface area contributed by atoms with E-state index in [1.165, 1.54) is 6.42 Å². The maximum atomic E-state index is 12.5. The van der Waals surface area contributed by atoms with E-state index >= 15 is 0 Å². The first-order valence-corrected chi connectivity index (χ1v) is 9.40. The van der Waals surface area contributed by atoms with E-state index in [1.807, 2.05) is 13.0 Å². The lowest BCUT2D eigenvalue weighted by Gasteiger charge is -2.23. The van der Waals surface area contributed by atoms with Crippen molar-refractivity contribution in [3.63, 3.8) is 0 Å². The monoisotopic (exact) mass is 330 g/mol. The van der Waals surface area contributed by atoms with Crippen LogP contribution >= 0.6 is 11.6 Å². The molecule has 0 heterocycles. The summed E-state index contributed by atoms with van der Waals surface area (Å²) in [5.74, 6) is 0. The molecule has 4 nitrogen and oxygen atoms in total. The van der Waals surface area contributed by atoms with Gasteiger partial charge in [-0.05, 0) is 37.1 Å². The van der Waals surface area contributed by atoms with E-state index in [1.54, 1.807) is 12.1 Å². The molecule has 0 atom stereocenters. The molecule has 0 bridgehead atoms. The normalized spacial score (nSPS) is 17.0. The van der Waals surface area contributed by atoms with Gasteiger partial charge in [-0.1, -0.05) is 43.9 Å². The number of nitrogens with one attached hydrogen (secondary N) is 2. The van der Waals surface area contributed by atoms with Gasteiger partial charge in [-0.3, -0.25) is 0 Å². The largest absolute Gasteiger partial charge is 0.313 e. The lowest BCUT2D eigenvalue weighted by Crippen LogP contribution is -2.36. The van der Waals surface area contributed by atoms with Crippen LogP contribution in [-0.2, 0) is 16.6 Å². The van der Waals surface area contributed by atoms with Crippen molar-refractivity contribution in [3.8, 4) is 0 Å². The zero-order valence-electron chi connectivity index (χ0n) is 12.4. The third-order valence-electron chi connectivity index (χ3n) is 3.79. The van der Waals surface area contributed by atoms with Gasteiger partial charge >= 0.3 is 0 Å². The van der Waals surface area contributed by atoms with Gasteiger partial charge in [-0.15, -0.1) is 0 Å². The summed E-state index contributed by atoms with van der Waals surface area (Å²) in [7, 11) is -3.55. The van der Waals surface area contributed by atoms with Crippen LogP contribution in [0.25, 0.3) is 0 Å². The Bertz CT molecular complexity index is 569. The third-order valence-corrected chi connectivity index (χ3v) is 5.79. The fourth-order valence-corrected chi connectivity index (χ4v) is 4.49. The summed E-state index contributed by atoms with van der Waals surface area (Å²) in [5, 5.41) is 3.46. The Balaban J connectivity index is 2.17. The molecule has 21 heavy (non-hydrogen) atoms. The molecule has 0 unspecified atom stereocenters. The average Bonchev–Trinajstić information content (AvgIpc) is 2.47. The Morgan fingerprint density at radius 2 is 1.95 bits per heavy atom. The van der Waals surface area contributed by atoms with Gasteiger partial charge < -0.3 is 5.32 Å². The van der Waals surface area contributed by atoms with Crippen molar-refractivity contribution in [3.05, 3.63) is 28.8 Å². The van der Waals surface area contributed by atoms with Crippen LogP contribution in [0.5, 0.6) is 0 Å². The molecule has 1 aromatic carbocycles. The summed E-state index contributed by atoms with van der Waals surface area (Å²) < 4.78 is 27.9. The third kappa shape index (κ3) is 4.68. The lowest BCUT2D eigenvalue weighted by atomic mass is 9.96. The summed E-state index contributed by atoms with van der Waals surface area (Å²) in [6, 6.07) is 5.21. The average molecular weight is 331 g/mol. The van der Waals surface area contributed by atoms with E-state index in [0.717, 1.165) is 37.8 Å². The molecule has 2 rings (SSSR count). The highest BCUT2D eigenvalue weighted by Crippen LogP contribution is 2.25. The fraction of sp³-hybridized carbons (Fsp3) is 0.600. The minimum absolute atomic E-state index is 0.0391. The lowest BCUT2D eigenvalue weighted by molar-refractivity contribution is 0.412. The molecule has 1 aliphatic rings. The van der Waals surface area contributed by atoms with Crippen LogP contribution in [0, 0.1) is 0 Å². The van der Waals surface area contributed by atoms with Gasteiger partial charge in [0.05, 0.1) is 5.02 Å². The molecular formula is C15H23ClN2O2S. The van der Waals surface area contributed by atoms with Crippen LogP contribution in [0.3, 0.4) is 0 Å². The van der Waals surface area contributed by atoms with Gasteiger partial charge in [-0.2, -0.15) is 0 Å². The molecule has 0 amide bonds. The molecule has 0 radical (unpaired) electrons. The highest BCUT2D eigenvalue weighted by atomic mass is 35.5. The van der Waals surface area contributed by atoms with Gasteiger partial charge in [0, 0.05) is 12.6 Å². The molecular weight excluding hydrogens is 308 g/mol. The molecule has 1 aromatic rings. The molecule has 6 heteroatoms. The Labute approximate surface area is 132 Å². The second kappa shape index (κ2) is 7.58. The van der Waals surface area contributed by atoms with E-state index in [9.17, 15) is 8.42 Å². The van der Waals surface area contributed by atoms with Crippen LogP contribution in [0.15, 0.2) is 23.1 Å². The van der Waals surface area contributed by atoms with Crippen LogP contribution in [0.4, 0.5) is 0 Å². The number of halogens is 1. The quantitative estimate of drug-likeness (QED) is 0.842. The minimum Gasteiger partial charge on any atom is -0.313 e. The smallest absolute Gasteiger partial charge is 0.242 e. The molecule has 0 aliphatic heterocycles. The second-order valence-electron chi connectivity index (χ2n) is 5.50. The van der Waals surface area contributed by atoms with Crippen molar-refractivity contribution in [2.75, 3.05) is 6.54 Å². The number of hydrogen-bond donors (Lipinski definition) is 2. The number of rotatable bonds is 6. The van der Waals surface area contributed by atoms with E-state index in [0.29, 0.717) is 6.54 Å². The number of hydrogen-bond acceptors (Lipinski definition) is 3. The Hall–Kier alpha value is -0.620. The maximum absolute atomic E-state index is 12.5.